The van der Waals surface area contributed by atoms with E-state index < -0.39 is 4.92 Å². The normalized spacial score (nSPS) is 10.5. The fourth-order valence-electron chi connectivity index (χ4n) is 2.84. The summed E-state index contributed by atoms with van der Waals surface area (Å²) in [6.07, 6.45) is 6.60. The van der Waals surface area contributed by atoms with Crippen molar-refractivity contribution < 1.29 is 9.72 Å². The van der Waals surface area contributed by atoms with Gasteiger partial charge in [-0.1, -0.05) is 6.07 Å². The Hall–Kier alpha value is -3.75. The van der Waals surface area contributed by atoms with Crippen LogP contribution in [0, 0.1) is 10.1 Å². The van der Waals surface area contributed by atoms with Crippen LogP contribution in [0.2, 0.25) is 0 Å². The fourth-order valence-corrected chi connectivity index (χ4v) is 2.84. The molecule has 3 aromatic rings. The van der Waals surface area contributed by atoms with Crippen LogP contribution >= 0.6 is 0 Å². The number of nitro groups is 1. The zero-order valence-corrected chi connectivity index (χ0v) is 16.0. The number of hydrogen-bond acceptors (Lipinski definition) is 7. The van der Waals surface area contributed by atoms with Gasteiger partial charge in [0, 0.05) is 50.4 Å². The van der Waals surface area contributed by atoms with Crippen LogP contribution in [-0.2, 0) is 7.05 Å². The van der Waals surface area contributed by atoms with Crippen molar-refractivity contribution in [2.24, 2.45) is 7.05 Å². The number of imidazole rings is 1. The van der Waals surface area contributed by atoms with E-state index in [1.165, 1.54) is 12.3 Å². The molecule has 2 heterocycles. The van der Waals surface area contributed by atoms with Crippen LogP contribution in [0.15, 0.2) is 55.0 Å². The van der Waals surface area contributed by atoms with Gasteiger partial charge in [-0.05, 0) is 37.1 Å². The van der Waals surface area contributed by atoms with Crippen LogP contribution in [0.5, 0.6) is 0 Å². The summed E-state index contributed by atoms with van der Waals surface area (Å²) in [7, 11) is 1.70. The zero-order chi connectivity index (χ0) is 20.6. The highest BCUT2D eigenvalue weighted by Crippen LogP contribution is 2.26. The van der Waals surface area contributed by atoms with E-state index in [0.29, 0.717) is 12.2 Å². The minimum absolute atomic E-state index is 0.128. The monoisotopic (exact) mass is 394 g/mol. The maximum atomic E-state index is 12.5. The second-order valence-corrected chi connectivity index (χ2v) is 6.46. The molecule has 0 aliphatic rings. The van der Waals surface area contributed by atoms with Gasteiger partial charge in [-0.15, -0.1) is 0 Å². The Morgan fingerprint density at radius 3 is 2.55 bits per heavy atom. The minimum atomic E-state index is -0.486. The fraction of sp³-hybridized carbons (Fsp3) is 0.250. The van der Waals surface area contributed by atoms with Gasteiger partial charge >= 0.3 is 0 Å². The van der Waals surface area contributed by atoms with Crippen LogP contribution in [-0.4, -0.2) is 38.3 Å². The summed E-state index contributed by atoms with van der Waals surface area (Å²) in [6.45, 7) is 1.34. The van der Waals surface area contributed by atoms with Gasteiger partial charge < -0.3 is 15.2 Å². The molecule has 0 bridgehead atoms. The summed E-state index contributed by atoms with van der Waals surface area (Å²) < 4.78 is 1.58. The van der Waals surface area contributed by atoms with Crippen molar-refractivity contribution in [1.82, 2.24) is 14.5 Å². The molecule has 0 unspecified atom stereocenters. The van der Waals surface area contributed by atoms with E-state index in [9.17, 15) is 14.9 Å². The SMILES string of the molecule is Cn1ccnc1C(=O)c1ccc(NCCCCNc2ccccn2)c([N+](=O)[O-])c1. The number of carbonyl (C=O) groups is 1. The van der Waals surface area contributed by atoms with Crippen molar-refractivity contribution in [3.05, 3.63) is 76.5 Å². The first-order chi connectivity index (χ1) is 14.1. The lowest BCUT2D eigenvalue weighted by Gasteiger charge is -2.09. The predicted molar refractivity (Wildman–Crippen MR) is 110 cm³/mol. The quantitative estimate of drug-likeness (QED) is 0.235. The number of benzene rings is 1. The lowest BCUT2D eigenvalue weighted by molar-refractivity contribution is -0.384. The average molecular weight is 394 g/mol. The third kappa shape index (κ3) is 5.16. The average Bonchev–Trinajstić information content (AvgIpc) is 3.16. The molecule has 150 valence electrons. The number of aryl methyl sites for hydroxylation is 1. The minimum Gasteiger partial charge on any atom is -0.379 e. The Balaban J connectivity index is 1.56. The van der Waals surface area contributed by atoms with Crippen molar-refractivity contribution >= 4 is 23.0 Å². The summed E-state index contributed by atoms with van der Waals surface area (Å²) in [5.41, 5.74) is 0.497. The highest BCUT2D eigenvalue weighted by Gasteiger charge is 2.20. The number of nitro benzene ring substituents is 1. The van der Waals surface area contributed by atoms with Gasteiger partial charge in [-0.25, -0.2) is 9.97 Å². The molecular formula is C20H22N6O3. The van der Waals surface area contributed by atoms with E-state index in [4.69, 9.17) is 0 Å². The number of rotatable bonds is 10. The second-order valence-electron chi connectivity index (χ2n) is 6.46. The number of ketones is 1. The van der Waals surface area contributed by atoms with Gasteiger partial charge in [-0.2, -0.15) is 0 Å². The molecule has 0 aliphatic carbocycles. The van der Waals surface area contributed by atoms with Crippen molar-refractivity contribution in [2.45, 2.75) is 12.8 Å². The van der Waals surface area contributed by atoms with E-state index in [0.717, 1.165) is 25.2 Å². The molecule has 2 aromatic heterocycles. The molecule has 9 heteroatoms. The van der Waals surface area contributed by atoms with Crippen LogP contribution < -0.4 is 10.6 Å². The Morgan fingerprint density at radius 1 is 1.10 bits per heavy atom. The van der Waals surface area contributed by atoms with Crippen molar-refractivity contribution in [3.8, 4) is 0 Å². The Bertz CT molecular complexity index is 987. The number of aromatic nitrogens is 3. The molecule has 0 saturated carbocycles. The van der Waals surface area contributed by atoms with Gasteiger partial charge in [0.15, 0.2) is 5.82 Å². The molecule has 0 saturated heterocycles. The molecular weight excluding hydrogens is 372 g/mol. The molecule has 0 fully saturated rings. The Kier molecular flexibility index (Phi) is 6.51. The topological polar surface area (TPSA) is 115 Å². The van der Waals surface area contributed by atoms with E-state index in [1.807, 2.05) is 18.2 Å². The summed E-state index contributed by atoms with van der Waals surface area (Å²) >= 11 is 0. The van der Waals surface area contributed by atoms with Gasteiger partial charge in [0.25, 0.3) is 5.69 Å². The number of carbonyl (C=O) groups excluding carboxylic acids is 1. The second kappa shape index (κ2) is 9.45. The predicted octanol–water partition coefficient (Wildman–Crippen LogP) is 3.26. The summed E-state index contributed by atoms with van der Waals surface area (Å²) in [5.74, 6) is 0.706. The molecule has 9 nitrogen and oxygen atoms in total. The third-order valence-electron chi connectivity index (χ3n) is 4.37. The molecule has 29 heavy (non-hydrogen) atoms. The number of nitrogens with one attached hydrogen (secondary N) is 2. The smallest absolute Gasteiger partial charge is 0.293 e. The molecule has 0 amide bonds. The Labute approximate surface area is 168 Å². The maximum Gasteiger partial charge on any atom is 0.293 e. The molecule has 3 rings (SSSR count). The van der Waals surface area contributed by atoms with Crippen LogP contribution in [0.25, 0.3) is 0 Å². The molecule has 0 radical (unpaired) electrons. The standard InChI is InChI=1S/C20H22N6O3/c1-25-13-12-24-20(25)19(27)15-7-8-16(17(14-15)26(28)29)21-9-4-5-11-23-18-6-2-3-10-22-18/h2-3,6-8,10,12-14,21H,4-5,9,11H2,1H3,(H,22,23). The highest BCUT2D eigenvalue weighted by molar-refractivity contribution is 6.07. The van der Waals surface area contributed by atoms with Crippen LogP contribution in [0.3, 0.4) is 0 Å². The lowest BCUT2D eigenvalue weighted by atomic mass is 10.1. The maximum absolute atomic E-state index is 12.5. The Morgan fingerprint density at radius 2 is 1.90 bits per heavy atom. The molecule has 2 N–H and O–H groups in total. The first kappa shape index (κ1) is 20.0. The number of unbranched alkanes of at least 4 members (excludes halogenated alkanes) is 1. The van der Waals surface area contributed by atoms with Gasteiger partial charge in [0.2, 0.25) is 5.78 Å². The highest BCUT2D eigenvalue weighted by atomic mass is 16.6. The molecule has 1 aromatic carbocycles. The first-order valence-corrected chi connectivity index (χ1v) is 9.25. The van der Waals surface area contributed by atoms with Crippen molar-refractivity contribution in [2.75, 3.05) is 23.7 Å². The van der Waals surface area contributed by atoms with Crippen molar-refractivity contribution in [3.63, 3.8) is 0 Å². The number of anilines is 2. The summed E-state index contributed by atoms with van der Waals surface area (Å²) in [6, 6.07) is 10.1. The zero-order valence-electron chi connectivity index (χ0n) is 16.0. The van der Waals surface area contributed by atoms with E-state index >= 15 is 0 Å². The van der Waals surface area contributed by atoms with Crippen molar-refractivity contribution in [1.29, 1.82) is 0 Å². The summed E-state index contributed by atoms with van der Waals surface area (Å²) in [4.78, 5) is 31.7. The van der Waals surface area contributed by atoms with Crippen LogP contribution in [0.1, 0.15) is 29.0 Å². The number of nitrogens with zero attached hydrogens (tertiary/aromatic N) is 4. The molecule has 0 atom stereocenters. The number of hydrogen-bond donors (Lipinski definition) is 2. The molecule has 0 spiro atoms. The van der Waals surface area contributed by atoms with E-state index in [-0.39, 0.29) is 22.9 Å². The largest absolute Gasteiger partial charge is 0.379 e. The summed E-state index contributed by atoms with van der Waals surface area (Å²) in [5, 5.41) is 17.8. The van der Waals surface area contributed by atoms with Gasteiger partial charge in [-0.3, -0.25) is 14.9 Å². The van der Waals surface area contributed by atoms with Gasteiger partial charge in [0.05, 0.1) is 4.92 Å². The van der Waals surface area contributed by atoms with Crippen LogP contribution in [0.4, 0.5) is 17.2 Å². The van der Waals surface area contributed by atoms with E-state index in [2.05, 4.69) is 20.6 Å². The lowest BCUT2D eigenvalue weighted by Crippen LogP contribution is -2.11. The van der Waals surface area contributed by atoms with E-state index in [1.54, 1.807) is 36.1 Å². The third-order valence-corrected chi connectivity index (χ3v) is 4.37. The first-order valence-electron chi connectivity index (χ1n) is 9.25. The molecule has 0 aliphatic heterocycles. The number of pyridine rings is 1. The van der Waals surface area contributed by atoms with Gasteiger partial charge in [0.1, 0.15) is 11.5 Å².